The molecule has 4 nitrogen and oxygen atoms in total. The molecular formula is C12H16N4. The van der Waals surface area contributed by atoms with Crippen LogP contribution in [0, 0.1) is 17.2 Å². The minimum atomic E-state index is 0.434. The summed E-state index contributed by atoms with van der Waals surface area (Å²) < 4.78 is 0. The minimum Gasteiger partial charge on any atom is -0.397 e. The Morgan fingerprint density at radius 1 is 1.56 bits per heavy atom. The van der Waals surface area contributed by atoms with E-state index in [1.54, 1.807) is 12.3 Å². The van der Waals surface area contributed by atoms with Crippen LogP contribution in [-0.4, -0.2) is 11.0 Å². The van der Waals surface area contributed by atoms with Crippen LogP contribution in [0.3, 0.4) is 0 Å². The Balaban J connectivity index is 2.18. The van der Waals surface area contributed by atoms with Gasteiger partial charge in [0.2, 0.25) is 0 Å². The van der Waals surface area contributed by atoms with Gasteiger partial charge in [-0.2, -0.15) is 5.26 Å². The number of nitrogens with one attached hydrogen (secondary N) is 1. The summed E-state index contributed by atoms with van der Waals surface area (Å²) in [5.74, 6) is 1.31. The number of rotatable bonds is 2. The lowest BCUT2D eigenvalue weighted by molar-refractivity contribution is 0.555. The number of nitrogen functional groups attached to an aromatic ring is 1. The predicted molar refractivity (Wildman–Crippen MR) is 63.8 cm³/mol. The van der Waals surface area contributed by atoms with Crippen LogP contribution in [0.15, 0.2) is 12.3 Å². The smallest absolute Gasteiger partial charge is 0.144 e. The van der Waals surface area contributed by atoms with Crippen molar-refractivity contribution < 1.29 is 0 Å². The monoisotopic (exact) mass is 216 g/mol. The summed E-state index contributed by atoms with van der Waals surface area (Å²) in [6.45, 7) is 2.23. The maximum absolute atomic E-state index is 9.00. The lowest BCUT2D eigenvalue weighted by Crippen LogP contribution is -2.23. The van der Waals surface area contributed by atoms with E-state index >= 15 is 0 Å². The molecule has 1 aromatic heterocycles. The largest absolute Gasteiger partial charge is 0.397 e. The van der Waals surface area contributed by atoms with Gasteiger partial charge in [0.25, 0.3) is 0 Å². The lowest BCUT2D eigenvalue weighted by atomic mass is 10.1. The van der Waals surface area contributed by atoms with Crippen LogP contribution in [-0.2, 0) is 0 Å². The summed E-state index contributed by atoms with van der Waals surface area (Å²) >= 11 is 0. The van der Waals surface area contributed by atoms with Crippen LogP contribution < -0.4 is 11.1 Å². The Hall–Kier alpha value is -1.76. The van der Waals surface area contributed by atoms with Crippen molar-refractivity contribution in [3.8, 4) is 6.07 Å². The average Bonchev–Trinajstić information content (AvgIpc) is 2.67. The number of aromatic nitrogens is 1. The van der Waals surface area contributed by atoms with Gasteiger partial charge in [-0.25, -0.2) is 4.98 Å². The normalized spacial score (nSPS) is 24.0. The number of hydrogen-bond acceptors (Lipinski definition) is 4. The fraction of sp³-hybridized carbons (Fsp3) is 0.500. The van der Waals surface area contributed by atoms with Gasteiger partial charge in [-0.05, 0) is 24.8 Å². The van der Waals surface area contributed by atoms with Crippen LogP contribution in [0.2, 0.25) is 0 Å². The fourth-order valence-electron chi connectivity index (χ4n) is 2.22. The number of pyridine rings is 1. The highest BCUT2D eigenvalue weighted by Crippen LogP contribution is 2.28. The molecule has 0 bridgehead atoms. The molecule has 4 heteroatoms. The summed E-state index contributed by atoms with van der Waals surface area (Å²) in [7, 11) is 0. The standard InChI is InChI=1S/C12H16N4/c1-8-3-2-4-11(8)16-12-9(6-13)5-10(14)7-15-12/h5,7-8,11H,2-4,14H2,1H3,(H,15,16). The van der Waals surface area contributed by atoms with Crippen molar-refractivity contribution in [3.63, 3.8) is 0 Å². The highest BCUT2D eigenvalue weighted by Gasteiger charge is 2.24. The van der Waals surface area contributed by atoms with Crippen molar-refractivity contribution >= 4 is 11.5 Å². The van der Waals surface area contributed by atoms with E-state index in [0.717, 1.165) is 6.42 Å². The Kier molecular flexibility index (Phi) is 2.95. The van der Waals surface area contributed by atoms with E-state index in [9.17, 15) is 0 Å². The molecular weight excluding hydrogens is 200 g/mol. The molecule has 0 aromatic carbocycles. The molecule has 0 amide bonds. The topological polar surface area (TPSA) is 74.7 Å². The molecule has 1 aliphatic carbocycles. The molecule has 1 saturated carbocycles. The molecule has 0 aliphatic heterocycles. The fourth-order valence-corrected chi connectivity index (χ4v) is 2.22. The number of nitrogens with zero attached hydrogens (tertiary/aromatic N) is 2. The van der Waals surface area contributed by atoms with E-state index in [1.165, 1.54) is 12.8 Å². The highest BCUT2D eigenvalue weighted by molar-refractivity contribution is 5.57. The lowest BCUT2D eigenvalue weighted by Gasteiger charge is -2.18. The molecule has 1 aliphatic rings. The van der Waals surface area contributed by atoms with Gasteiger partial charge in [-0.15, -0.1) is 0 Å². The van der Waals surface area contributed by atoms with Crippen molar-refractivity contribution in [2.75, 3.05) is 11.1 Å². The molecule has 1 fully saturated rings. The van der Waals surface area contributed by atoms with Crippen LogP contribution in [0.4, 0.5) is 11.5 Å². The van der Waals surface area contributed by atoms with Gasteiger partial charge in [0.15, 0.2) is 0 Å². The van der Waals surface area contributed by atoms with Crippen molar-refractivity contribution in [1.82, 2.24) is 4.98 Å². The van der Waals surface area contributed by atoms with Gasteiger partial charge < -0.3 is 11.1 Å². The van der Waals surface area contributed by atoms with Gasteiger partial charge in [0.05, 0.1) is 17.4 Å². The molecule has 2 unspecified atom stereocenters. The van der Waals surface area contributed by atoms with Crippen molar-refractivity contribution in [3.05, 3.63) is 17.8 Å². The van der Waals surface area contributed by atoms with E-state index in [-0.39, 0.29) is 0 Å². The summed E-state index contributed by atoms with van der Waals surface area (Å²) in [5, 5.41) is 12.3. The molecule has 2 rings (SSSR count). The van der Waals surface area contributed by atoms with E-state index in [2.05, 4.69) is 23.3 Å². The Bertz CT molecular complexity index is 422. The zero-order chi connectivity index (χ0) is 11.5. The number of nitriles is 1. The summed E-state index contributed by atoms with van der Waals surface area (Å²) in [4.78, 5) is 4.19. The third kappa shape index (κ3) is 2.08. The zero-order valence-corrected chi connectivity index (χ0v) is 9.40. The van der Waals surface area contributed by atoms with Crippen molar-refractivity contribution in [1.29, 1.82) is 5.26 Å². The molecule has 2 atom stereocenters. The minimum absolute atomic E-state index is 0.434. The van der Waals surface area contributed by atoms with Crippen LogP contribution in [0.25, 0.3) is 0 Å². The Morgan fingerprint density at radius 3 is 3.00 bits per heavy atom. The maximum Gasteiger partial charge on any atom is 0.144 e. The van der Waals surface area contributed by atoms with Gasteiger partial charge in [-0.3, -0.25) is 0 Å². The third-order valence-corrected chi connectivity index (χ3v) is 3.21. The summed E-state index contributed by atoms with van der Waals surface area (Å²) in [6.07, 6.45) is 5.23. The van der Waals surface area contributed by atoms with Gasteiger partial charge in [0, 0.05) is 6.04 Å². The molecule has 84 valence electrons. The number of hydrogen-bond donors (Lipinski definition) is 2. The molecule has 0 spiro atoms. The van der Waals surface area contributed by atoms with E-state index < -0.39 is 0 Å². The molecule has 3 N–H and O–H groups in total. The van der Waals surface area contributed by atoms with E-state index in [1.807, 2.05) is 0 Å². The second-order valence-electron chi connectivity index (χ2n) is 4.44. The van der Waals surface area contributed by atoms with Crippen LogP contribution in [0.5, 0.6) is 0 Å². The number of anilines is 2. The summed E-state index contributed by atoms with van der Waals surface area (Å²) in [5.41, 5.74) is 6.65. The third-order valence-electron chi connectivity index (χ3n) is 3.21. The molecule has 0 radical (unpaired) electrons. The number of nitrogens with two attached hydrogens (primary N) is 1. The second kappa shape index (κ2) is 4.40. The highest BCUT2D eigenvalue weighted by atomic mass is 15.0. The first-order chi connectivity index (χ1) is 7.70. The second-order valence-corrected chi connectivity index (χ2v) is 4.44. The first-order valence-corrected chi connectivity index (χ1v) is 5.63. The first kappa shape index (κ1) is 10.7. The maximum atomic E-state index is 9.00. The van der Waals surface area contributed by atoms with E-state index in [4.69, 9.17) is 11.0 Å². The molecule has 1 heterocycles. The quantitative estimate of drug-likeness (QED) is 0.794. The Morgan fingerprint density at radius 2 is 2.38 bits per heavy atom. The van der Waals surface area contributed by atoms with Crippen LogP contribution >= 0.6 is 0 Å². The average molecular weight is 216 g/mol. The van der Waals surface area contributed by atoms with Gasteiger partial charge in [-0.1, -0.05) is 13.3 Å². The first-order valence-electron chi connectivity index (χ1n) is 5.63. The molecule has 0 saturated heterocycles. The van der Waals surface area contributed by atoms with E-state index in [0.29, 0.717) is 29.0 Å². The SMILES string of the molecule is CC1CCCC1Nc1ncc(N)cc1C#N. The molecule has 1 aromatic rings. The van der Waals surface area contributed by atoms with Gasteiger partial charge >= 0.3 is 0 Å². The van der Waals surface area contributed by atoms with Crippen molar-refractivity contribution in [2.45, 2.75) is 32.2 Å². The van der Waals surface area contributed by atoms with Crippen LogP contribution in [0.1, 0.15) is 31.7 Å². The summed E-state index contributed by atoms with van der Waals surface area (Å²) in [6, 6.07) is 4.22. The van der Waals surface area contributed by atoms with Crippen molar-refractivity contribution in [2.24, 2.45) is 5.92 Å². The predicted octanol–water partition coefficient (Wildman–Crippen LogP) is 2.14. The zero-order valence-electron chi connectivity index (χ0n) is 9.40. The van der Waals surface area contributed by atoms with Gasteiger partial charge in [0.1, 0.15) is 11.9 Å². The molecule has 16 heavy (non-hydrogen) atoms. The Labute approximate surface area is 95.5 Å².